The van der Waals surface area contributed by atoms with Crippen LogP contribution in [0.1, 0.15) is 5.56 Å². The number of halogens is 2. The van der Waals surface area contributed by atoms with Crippen molar-refractivity contribution in [2.24, 2.45) is 5.10 Å². The van der Waals surface area contributed by atoms with Gasteiger partial charge in [-0.2, -0.15) is 13.9 Å². The third-order valence-corrected chi connectivity index (χ3v) is 5.73. The number of nitrogens with zero attached hydrogens (tertiary/aromatic N) is 2. The summed E-state index contributed by atoms with van der Waals surface area (Å²) in [5, 5.41) is 15.1. The second-order valence-electron chi connectivity index (χ2n) is 6.56. The van der Waals surface area contributed by atoms with Crippen LogP contribution in [0.4, 0.5) is 25.8 Å². The lowest BCUT2D eigenvalue weighted by atomic mass is 10.2. The van der Waals surface area contributed by atoms with E-state index >= 15 is 0 Å². The Morgan fingerprint density at radius 2 is 1.76 bits per heavy atom. The smallest absolute Gasteiger partial charge is 0.387 e. The second-order valence-corrected chi connectivity index (χ2v) is 8.21. The highest BCUT2D eigenvalue weighted by molar-refractivity contribution is 7.93. The second kappa shape index (κ2) is 10.6. The van der Waals surface area contributed by atoms with E-state index in [4.69, 9.17) is 4.74 Å². The molecule has 3 aromatic carbocycles. The van der Waals surface area contributed by atoms with Crippen molar-refractivity contribution >= 4 is 33.3 Å². The number of rotatable bonds is 10. The minimum atomic E-state index is -4.30. The van der Waals surface area contributed by atoms with E-state index in [-0.39, 0.29) is 22.9 Å². The van der Waals surface area contributed by atoms with Crippen molar-refractivity contribution < 1.29 is 31.6 Å². The van der Waals surface area contributed by atoms with Crippen LogP contribution in [0, 0.1) is 10.1 Å². The van der Waals surface area contributed by atoms with Crippen LogP contribution in [-0.4, -0.2) is 33.3 Å². The molecule has 0 radical (unpaired) electrons. The molecule has 178 valence electrons. The summed E-state index contributed by atoms with van der Waals surface area (Å²) in [5.74, 6) is 0.217. The Labute approximate surface area is 193 Å². The molecule has 2 N–H and O–H groups in total. The van der Waals surface area contributed by atoms with Gasteiger partial charge < -0.3 is 9.47 Å². The number of nitro benzene ring substituents is 1. The number of non-ortho nitro benzene ring substituents is 1. The van der Waals surface area contributed by atoms with E-state index < -0.39 is 32.1 Å². The first-order valence-electron chi connectivity index (χ1n) is 9.48. The SMILES string of the molecule is COc1ccccc1NS(=O)(=O)c1cc([N+](=O)[O-])ccc1N/N=C/c1ccc(OC(F)F)cc1. The zero-order chi connectivity index (χ0) is 24.7. The summed E-state index contributed by atoms with van der Waals surface area (Å²) in [5.41, 5.74) is 2.69. The normalized spacial score (nSPS) is 11.4. The summed E-state index contributed by atoms with van der Waals surface area (Å²) in [6.45, 7) is -2.95. The molecule has 0 fully saturated rings. The highest BCUT2D eigenvalue weighted by atomic mass is 32.2. The van der Waals surface area contributed by atoms with Gasteiger partial charge in [0, 0.05) is 12.1 Å². The van der Waals surface area contributed by atoms with E-state index in [0.29, 0.717) is 5.56 Å². The van der Waals surface area contributed by atoms with Crippen molar-refractivity contribution in [3.8, 4) is 11.5 Å². The van der Waals surface area contributed by atoms with E-state index in [0.717, 1.165) is 12.1 Å². The molecule has 0 aliphatic rings. The van der Waals surface area contributed by atoms with Gasteiger partial charge in [0.25, 0.3) is 15.7 Å². The van der Waals surface area contributed by atoms with E-state index in [9.17, 15) is 27.3 Å². The molecule has 0 atom stereocenters. The fourth-order valence-corrected chi connectivity index (χ4v) is 4.03. The van der Waals surface area contributed by atoms with E-state index in [1.165, 1.54) is 49.7 Å². The average Bonchev–Trinajstić information content (AvgIpc) is 2.80. The summed E-state index contributed by atoms with van der Waals surface area (Å²) < 4.78 is 62.4. The number of alkyl halides is 2. The number of nitro groups is 1. The molecular weight excluding hydrogens is 474 g/mol. The molecule has 0 unspecified atom stereocenters. The molecule has 0 saturated heterocycles. The fraction of sp³-hybridized carbons (Fsp3) is 0.0952. The molecule has 3 rings (SSSR count). The first-order valence-corrected chi connectivity index (χ1v) is 11.0. The molecular formula is C21H18F2N4O6S. The van der Waals surface area contributed by atoms with Crippen molar-refractivity contribution in [1.82, 2.24) is 0 Å². The van der Waals surface area contributed by atoms with Gasteiger partial charge in [0.1, 0.15) is 16.4 Å². The van der Waals surface area contributed by atoms with Gasteiger partial charge in [-0.05, 0) is 48.0 Å². The summed E-state index contributed by atoms with van der Waals surface area (Å²) in [7, 11) is -2.93. The van der Waals surface area contributed by atoms with Gasteiger partial charge in [-0.15, -0.1) is 0 Å². The van der Waals surface area contributed by atoms with Crippen LogP contribution in [0.3, 0.4) is 0 Å². The summed E-state index contributed by atoms with van der Waals surface area (Å²) >= 11 is 0. The van der Waals surface area contributed by atoms with Gasteiger partial charge >= 0.3 is 6.61 Å². The Morgan fingerprint density at radius 1 is 1.06 bits per heavy atom. The van der Waals surface area contributed by atoms with Gasteiger partial charge in [0.05, 0.1) is 29.6 Å². The number of hydrogen-bond acceptors (Lipinski definition) is 8. The number of benzene rings is 3. The standard InChI is InChI=1S/C21H18F2N4O6S/c1-32-19-5-3-2-4-17(19)26-34(30,31)20-12-15(27(28)29)8-11-18(20)25-24-13-14-6-9-16(10-7-14)33-21(22)23/h2-13,21,25-26H,1H3/b24-13+. The van der Waals surface area contributed by atoms with Crippen LogP contribution in [-0.2, 0) is 10.0 Å². The van der Waals surface area contributed by atoms with E-state index in [1.54, 1.807) is 18.2 Å². The monoisotopic (exact) mass is 492 g/mol. The first kappa shape index (κ1) is 24.4. The highest BCUT2D eigenvalue weighted by Gasteiger charge is 2.23. The van der Waals surface area contributed by atoms with Gasteiger partial charge in [0.15, 0.2) is 0 Å². The topological polar surface area (TPSA) is 132 Å². The molecule has 34 heavy (non-hydrogen) atoms. The van der Waals surface area contributed by atoms with Crippen LogP contribution < -0.4 is 19.6 Å². The zero-order valence-corrected chi connectivity index (χ0v) is 18.3. The van der Waals surface area contributed by atoms with Crippen LogP contribution in [0.2, 0.25) is 0 Å². The predicted octanol–water partition coefficient (Wildman–Crippen LogP) is 4.45. The molecule has 0 aromatic heterocycles. The number of hydrogen-bond donors (Lipinski definition) is 2. The lowest BCUT2D eigenvalue weighted by Gasteiger charge is -2.14. The number of methoxy groups -OCH3 is 1. The minimum Gasteiger partial charge on any atom is -0.495 e. The quantitative estimate of drug-likeness (QED) is 0.243. The van der Waals surface area contributed by atoms with Crippen LogP contribution in [0.15, 0.2) is 76.7 Å². The maximum absolute atomic E-state index is 13.1. The summed E-state index contributed by atoms with van der Waals surface area (Å²) in [6, 6.07) is 15.0. The number of ether oxygens (including phenoxy) is 2. The maximum Gasteiger partial charge on any atom is 0.387 e. The Bertz CT molecular complexity index is 1300. The molecule has 0 saturated carbocycles. The molecule has 10 nitrogen and oxygen atoms in total. The number of sulfonamides is 1. The van der Waals surface area contributed by atoms with Crippen molar-refractivity contribution in [3.05, 3.63) is 82.4 Å². The Morgan fingerprint density at radius 3 is 2.41 bits per heavy atom. The van der Waals surface area contributed by atoms with E-state index in [1.807, 2.05) is 0 Å². The van der Waals surface area contributed by atoms with Crippen molar-refractivity contribution in [2.75, 3.05) is 17.3 Å². The van der Waals surface area contributed by atoms with Gasteiger partial charge in [0.2, 0.25) is 0 Å². The molecule has 0 aliphatic carbocycles. The van der Waals surface area contributed by atoms with Crippen LogP contribution in [0.5, 0.6) is 11.5 Å². The third kappa shape index (κ3) is 6.16. The van der Waals surface area contributed by atoms with Crippen molar-refractivity contribution in [1.29, 1.82) is 0 Å². The molecule has 0 aliphatic heterocycles. The Kier molecular flexibility index (Phi) is 7.58. The predicted molar refractivity (Wildman–Crippen MR) is 121 cm³/mol. The fourth-order valence-electron chi connectivity index (χ4n) is 2.78. The lowest BCUT2D eigenvalue weighted by molar-refractivity contribution is -0.385. The maximum atomic E-state index is 13.1. The number of hydrazone groups is 1. The van der Waals surface area contributed by atoms with Crippen LogP contribution >= 0.6 is 0 Å². The van der Waals surface area contributed by atoms with Crippen molar-refractivity contribution in [2.45, 2.75) is 11.5 Å². The average molecular weight is 492 g/mol. The molecule has 0 heterocycles. The van der Waals surface area contributed by atoms with Gasteiger partial charge in [-0.1, -0.05) is 12.1 Å². The first-order chi connectivity index (χ1) is 16.2. The van der Waals surface area contributed by atoms with Gasteiger partial charge in [-0.3, -0.25) is 20.3 Å². The summed E-state index contributed by atoms with van der Waals surface area (Å²) in [4.78, 5) is 10.1. The largest absolute Gasteiger partial charge is 0.495 e. The van der Waals surface area contributed by atoms with E-state index in [2.05, 4.69) is 20.0 Å². The number of nitrogens with one attached hydrogen (secondary N) is 2. The molecule has 0 spiro atoms. The molecule has 0 bridgehead atoms. The molecule has 0 amide bonds. The Balaban J connectivity index is 1.88. The van der Waals surface area contributed by atoms with Gasteiger partial charge in [-0.25, -0.2) is 8.42 Å². The zero-order valence-electron chi connectivity index (χ0n) is 17.5. The van der Waals surface area contributed by atoms with Crippen molar-refractivity contribution in [3.63, 3.8) is 0 Å². The number of anilines is 2. The van der Waals surface area contributed by atoms with Crippen LogP contribution in [0.25, 0.3) is 0 Å². The lowest BCUT2D eigenvalue weighted by Crippen LogP contribution is -2.15. The number of para-hydroxylation sites is 2. The minimum absolute atomic E-state index is 0.0359. The third-order valence-electron chi connectivity index (χ3n) is 4.32. The summed E-state index contributed by atoms with van der Waals surface area (Å²) in [6.07, 6.45) is 1.30. The molecule has 13 heteroatoms. The highest BCUT2D eigenvalue weighted by Crippen LogP contribution is 2.31. The molecule has 3 aromatic rings. The Hall–Kier alpha value is -4.26.